The molecule has 0 amide bonds. The normalized spacial score (nSPS) is 12.3. The van der Waals surface area contributed by atoms with Crippen LogP contribution in [0, 0.1) is 0 Å². The topological polar surface area (TPSA) is 38.4 Å². The highest BCUT2D eigenvalue weighted by Crippen LogP contribution is 2.09. The van der Waals surface area contributed by atoms with Crippen molar-refractivity contribution in [3.63, 3.8) is 0 Å². The third-order valence-corrected chi connectivity index (χ3v) is 1.95. The average Bonchev–Trinajstić information content (AvgIpc) is 2.17. The maximum Gasteiger partial charge on any atom is 0.118 e. The van der Waals surface area contributed by atoms with Gasteiger partial charge in [0.25, 0.3) is 0 Å². The Morgan fingerprint density at radius 1 is 1.43 bits per heavy atom. The predicted octanol–water partition coefficient (Wildman–Crippen LogP) is 2.77. The monoisotopic (exact) mass is 208 g/mol. The molecule has 1 rings (SSSR count). The number of benzene rings is 1. The molecule has 0 aliphatic rings. The van der Waals surface area contributed by atoms with E-state index in [2.05, 4.69) is 4.99 Å². The van der Waals surface area contributed by atoms with Gasteiger partial charge in [-0.1, -0.05) is 29.8 Å². The molecule has 0 unspecified atom stereocenters. The molecule has 74 valence electrons. The van der Waals surface area contributed by atoms with E-state index in [0.717, 1.165) is 10.6 Å². The molecular formula is C11H13ClN2. The zero-order chi connectivity index (χ0) is 10.4. The average molecular weight is 209 g/mol. The Balaban J connectivity index is 2.61. The quantitative estimate of drug-likeness (QED) is 0.602. The molecule has 14 heavy (non-hydrogen) atoms. The van der Waals surface area contributed by atoms with Gasteiger partial charge in [-0.25, -0.2) is 0 Å². The van der Waals surface area contributed by atoms with Crippen LogP contribution in [0.15, 0.2) is 41.4 Å². The first-order valence-electron chi connectivity index (χ1n) is 4.39. The number of amidine groups is 1. The van der Waals surface area contributed by atoms with E-state index in [9.17, 15) is 0 Å². The van der Waals surface area contributed by atoms with Crippen molar-refractivity contribution in [1.82, 2.24) is 0 Å². The fourth-order valence-corrected chi connectivity index (χ4v) is 1.12. The van der Waals surface area contributed by atoms with Crippen molar-refractivity contribution in [1.29, 1.82) is 0 Å². The number of halogens is 1. The van der Waals surface area contributed by atoms with Crippen molar-refractivity contribution in [3.8, 4) is 0 Å². The molecular weight excluding hydrogens is 196 g/mol. The van der Waals surface area contributed by atoms with Gasteiger partial charge in [0.15, 0.2) is 0 Å². The van der Waals surface area contributed by atoms with Gasteiger partial charge in [-0.05, 0) is 30.7 Å². The van der Waals surface area contributed by atoms with Crippen LogP contribution < -0.4 is 5.73 Å². The van der Waals surface area contributed by atoms with Gasteiger partial charge in [0, 0.05) is 5.02 Å². The second-order valence-electron chi connectivity index (χ2n) is 2.87. The van der Waals surface area contributed by atoms with Crippen LogP contribution in [0.4, 0.5) is 0 Å². The molecule has 1 aromatic carbocycles. The smallest absolute Gasteiger partial charge is 0.118 e. The lowest BCUT2D eigenvalue weighted by molar-refractivity contribution is 1.06. The number of nitrogens with zero attached hydrogens (tertiary/aromatic N) is 1. The summed E-state index contributed by atoms with van der Waals surface area (Å²) in [5.41, 5.74) is 6.70. The summed E-state index contributed by atoms with van der Waals surface area (Å²) in [6, 6.07) is 7.57. The highest BCUT2D eigenvalue weighted by Gasteiger charge is 1.91. The van der Waals surface area contributed by atoms with Gasteiger partial charge in [-0.3, -0.25) is 4.99 Å². The summed E-state index contributed by atoms with van der Waals surface area (Å²) in [5, 5.41) is 0.735. The fraction of sp³-hybridized carbons (Fsp3) is 0.182. The Bertz CT molecular complexity index is 339. The number of hydrogen-bond acceptors (Lipinski definition) is 1. The minimum Gasteiger partial charge on any atom is -0.384 e. The van der Waals surface area contributed by atoms with Crippen molar-refractivity contribution >= 4 is 17.4 Å². The highest BCUT2D eigenvalue weighted by atomic mass is 35.5. The molecule has 2 nitrogen and oxygen atoms in total. The van der Waals surface area contributed by atoms with E-state index < -0.39 is 0 Å². The minimum absolute atomic E-state index is 0.544. The van der Waals surface area contributed by atoms with E-state index in [0.29, 0.717) is 12.4 Å². The van der Waals surface area contributed by atoms with Crippen LogP contribution in [-0.2, 0) is 6.54 Å². The van der Waals surface area contributed by atoms with Crippen LogP contribution in [-0.4, -0.2) is 5.84 Å². The second-order valence-corrected chi connectivity index (χ2v) is 3.30. The molecule has 0 saturated heterocycles. The lowest BCUT2D eigenvalue weighted by Crippen LogP contribution is -2.07. The van der Waals surface area contributed by atoms with Gasteiger partial charge in [0.2, 0.25) is 0 Å². The van der Waals surface area contributed by atoms with Crippen molar-refractivity contribution in [2.24, 2.45) is 10.7 Å². The summed E-state index contributed by atoms with van der Waals surface area (Å²) in [4.78, 5) is 4.18. The summed E-state index contributed by atoms with van der Waals surface area (Å²) in [6.45, 7) is 2.50. The first-order valence-corrected chi connectivity index (χ1v) is 4.77. The maximum absolute atomic E-state index is 5.75. The maximum atomic E-state index is 5.75. The van der Waals surface area contributed by atoms with E-state index in [4.69, 9.17) is 17.3 Å². The van der Waals surface area contributed by atoms with Gasteiger partial charge in [0.05, 0.1) is 6.54 Å². The standard InChI is InChI=1S/C11H13ClN2/c1-2-3-11(13)14-8-9-4-6-10(12)7-5-9/h2-7H,8H2,1H3,(H2,13,14)/b3-2-. The number of nitrogens with two attached hydrogens (primary N) is 1. The van der Waals surface area contributed by atoms with Crippen LogP contribution in [0.2, 0.25) is 5.02 Å². The van der Waals surface area contributed by atoms with Gasteiger partial charge in [0.1, 0.15) is 5.84 Å². The fourth-order valence-electron chi connectivity index (χ4n) is 0.996. The molecule has 0 radical (unpaired) electrons. The Kier molecular flexibility index (Phi) is 4.20. The number of rotatable bonds is 3. The summed E-state index contributed by atoms with van der Waals surface area (Å²) >= 11 is 5.75. The molecule has 0 atom stereocenters. The Morgan fingerprint density at radius 2 is 2.07 bits per heavy atom. The van der Waals surface area contributed by atoms with Gasteiger partial charge >= 0.3 is 0 Å². The molecule has 0 spiro atoms. The van der Waals surface area contributed by atoms with Crippen LogP contribution in [0.1, 0.15) is 12.5 Å². The molecule has 0 aromatic heterocycles. The molecule has 0 saturated carbocycles. The number of allylic oxidation sites excluding steroid dienone is 1. The van der Waals surface area contributed by atoms with Crippen molar-refractivity contribution in [2.45, 2.75) is 13.5 Å². The van der Waals surface area contributed by atoms with E-state index in [1.807, 2.05) is 37.3 Å². The first kappa shape index (κ1) is 10.8. The van der Waals surface area contributed by atoms with Crippen LogP contribution in [0.25, 0.3) is 0 Å². The summed E-state index contributed by atoms with van der Waals surface area (Å²) in [7, 11) is 0. The third-order valence-electron chi connectivity index (χ3n) is 1.69. The molecule has 0 aliphatic carbocycles. The molecule has 0 bridgehead atoms. The largest absolute Gasteiger partial charge is 0.384 e. The van der Waals surface area contributed by atoms with E-state index in [1.54, 1.807) is 6.08 Å². The first-order chi connectivity index (χ1) is 6.72. The van der Waals surface area contributed by atoms with Crippen LogP contribution in [0.5, 0.6) is 0 Å². The zero-order valence-electron chi connectivity index (χ0n) is 8.07. The van der Waals surface area contributed by atoms with E-state index in [1.165, 1.54) is 0 Å². The Hall–Kier alpha value is -1.28. The summed E-state index contributed by atoms with van der Waals surface area (Å²) < 4.78 is 0. The Labute approximate surface area is 89.1 Å². The highest BCUT2D eigenvalue weighted by molar-refractivity contribution is 6.30. The van der Waals surface area contributed by atoms with Gasteiger partial charge in [-0.15, -0.1) is 0 Å². The van der Waals surface area contributed by atoms with Crippen molar-refractivity contribution in [2.75, 3.05) is 0 Å². The van der Waals surface area contributed by atoms with E-state index >= 15 is 0 Å². The molecule has 3 heteroatoms. The van der Waals surface area contributed by atoms with Gasteiger partial charge in [-0.2, -0.15) is 0 Å². The predicted molar refractivity (Wildman–Crippen MR) is 61.6 cm³/mol. The summed E-state index contributed by atoms with van der Waals surface area (Å²) in [5.74, 6) is 0.544. The molecule has 1 aromatic rings. The lowest BCUT2D eigenvalue weighted by Gasteiger charge is -1.97. The number of hydrogen-bond donors (Lipinski definition) is 1. The van der Waals surface area contributed by atoms with Crippen LogP contribution >= 0.6 is 11.6 Å². The van der Waals surface area contributed by atoms with Gasteiger partial charge < -0.3 is 5.73 Å². The lowest BCUT2D eigenvalue weighted by atomic mass is 10.2. The third kappa shape index (κ3) is 3.62. The van der Waals surface area contributed by atoms with E-state index in [-0.39, 0.29) is 0 Å². The minimum atomic E-state index is 0.544. The van der Waals surface area contributed by atoms with Crippen molar-refractivity contribution < 1.29 is 0 Å². The summed E-state index contributed by atoms with van der Waals surface area (Å²) in [6.07, 6.45) is 3.64. The number of aliphatic imine (C=N–C) groups is 1. The Morgan fingerprint density at radius 3 is 2.64 bits per heavy atom. The molecule has 2 N–H and O–H groups in total. The van der Waals surface area contributed by atoms with Crippen LogP contribution in [0.3, 0.4) is 0 Å². The zero-order valence-corrected chi connectivity index (χ0v) is 8.83. The van der Waals surface area contributed by atoms with Crippen molar-refractivity contribution in [3.05, 3.63) is 47.0 Å². The SMILES string of the molecule is C/C=C\C(N)=NCc1ccc(Cl)cc1. The molecule has 0 heterocycles. The molecule has 0 aliphatic heterocycles. The second kappa shape index (κ2) is 5.45. The molecule has 0 fully saturated rings.